The Morgan fingerprint density at radius 1 is 1.18 bits per heavy atom. The van der Waals surface area contributed by atoms with E-state index >= 15 is 0 Å². The number of aryl methyl sites for hydroxylation is 1. The van der Waals surface area contributed by atoms with Gasteiger partial charge in [0, 0.05) is 12.2 Å². The summed E-state index contributed by atoms with van der Waals surface area (Å²) in [5.41, 5.74) is 6.67. The molecule has 0 saturated carbocycles. The molecule has 1 heterocycles. The first-order valence-corrected chi connectivity index (χ1v) is 6.56. The summed E-state index contributed by atoms with van der Waals surface area (Å²) < 4.78 is 5.49. The fourth-order valence-corrected chi connectivity index (χ4v) is 2.11. The predicted octanol–water partition coefficient (Wildman–Crippen LogP) is 2.25. The van der Waals surface area contributed by atoms with E-state index in [0.717, 1.165) is 18.6 Å². The van der Waals surface area contributed by atoms with Crippen LogP contribution in [-0.2, 0) is 12.2 Å². The molecule has 0 aliphatic heterocycles. The van der Waals surface area contributed by atoms with Crippen LogP contribution in [0.2, 0.25) is 0 Å². The van der Waals surface area contributed by atoms with Crippen molar-refractivity contribution >= 4 is 11.8 Å². The zero-order chi connectivity index (χ0) is 11.9. The molecule has 1 aromatic heterocycles. The van der Waals surface area contributed by atoms with Crippen LogP contribution in [0.25, 0.3) is 0 Å². The van der Waals surface area contributed by atoms with Gasteiger partial charge in [0.2, 0.25) is 5.89 Å². The average molecular weight is 249 g/mol. The molecule has 2 rings (SSSR count). The van der Waals surface area contributed by atoms with Crippen molar-refractivity contribution in [2.45, 2.75) is 23.8 Å². The van der Waals surface area contributed by atoms with E-state index in [0.29, 0.717) is 17.7 Å². The first kappa shape index (κ1) is 12.1. The largest absolute Gasteiger partial charge is 0.416 e. The van der Waals surface area contributed by atoms with E-state index in [1.807, 2.05) is 18.2 Å². The molecule has 2 N–H and O–H groups in total. The molecule has 0 aliphatic carbocycles. The zero-order valence-corrected chi connectivity index (χ0v) is 10.3. The van der Waals surface area contributed by atoms with Crippen molar-refractivity contribution in [1.29, 1.82) is 0 Å². The number of aromatic nitrogens is 2. The third kappa shape index (κ3) is 3.87. The van der Waals surface area contributed by atoms with E-state index in [4.69, 9.17) is 10.2 Å². The van der Waals surface area contributed by atoms with Gasteiger partial charge in [-0.05, 0) is 18.5 Å². The molecule has 17 heavy (non-hydrogen) atoms. The quantitative estimate of drug-likeness (QED) is 0.795. The zero-order valence-electron chi connectivity index (χ0n) is 9.50. The lowest BCUT2D eigenvalue weighted by Crippen LogP contribution is -2.00. The van der Waals surface area contributed by atoms with Crippen molar-refractivity contribution in [1.82, 2.24) is 10.2 Å². The standard InChI is InChI=1S/C12H15N3OS/c13-8-4-7-11-14-15-12(16-11)17-9-10-5-2-1-3-6-10/h1-3,5-6H,4,7-9,13H2. The molecule has 0 bridgehead atoms. The Morgan fingerprint density at radius 3 is 2.76 bits per heavy atom. The molecule has 0 spiro atoms. The number of benzene rings is 1. The normalized spacial score (nSPS) is 10.6. The van der Waals surface area contributed by atoms with Gasteiger partial charge >= 0.3 is 0 Å². The Bertz CT molecular complexity index is 444. The van der Waals surface area contributed by atoms with Crippen LogP contribution in [0.5, 0.6) is 0 Å². The highest BCUT2D eigenvalue weighted by Crippen LogP contribution is 2.21. The van der Waals surface area contributed by atoms with Gasteiger partial charge in [-0.25, -0.2) is 0 Å². The molecule has 90 valence electrons. The van der Waals surface area contributed by atoms with Gasteiger partial charge in [-0.3, -0.25) is 0 Å². The van der Waals surface area contributed by atoms with Crippen molar-refractivity contribution < 1.29 is 4.42 Å². The fourth-order valence-electron chi connectivity index (χ4n) is 1.37. The van der Waals surface area contributed by atoms with Crippen LogP contribution in [0.15, 0.2) is 40.0 Å². The molecule has 0 fully saturated rings. The molecule has 0 unspecified atom stereocenters. The maximum absolute atomic E-state index is 5.49. The topological polar surface area (TPSA) is 64.9 Å². The summed E-state index contributed by atoms with van der Waals surface area (Å²) in [4.78, 5) is 0. The summed E-state index contributed by atoms with van der Waals surface area (Å²) in [6.07, 6.45) is 1.64. The molecule has 5 heteroatoms. The minimum Gasteiger partial charge on any atom is -0.416 e. The van der Waals surface area contributed by atoms with E-state index in [9.17, 15) is 0 Å². The summed E-state index contributed by atoms with van der Waals surface area (Å²) >= 11 is 1.56. The highest BCUT2D eigenvalue weighted by molar-refractivity contribution is 7.98. The number of rotatable bonds is 6. The maximum Gasteiger partial charge on any atom is 0.276 e. The third-order valence-corrected chi connectivity index (χ3v) is 3.14. The molecule has 0 saturated heterocycles. The van der Waals surface area contributed by atoms with E-state index in [-0.39, 0.29) is 0 Å². The Hall–Kier alpha value is -1.33. The summed E-state index contributed by atoms with van der Waals surface area (Å²) in [6, 6.07) is 10.2. The number of thioether (sulfide) groups is 1. The number of nitrogens with two attached hydrogens (primary N) is 1. The molecule has 1 aromatic carbocycles. The summed E-state index contributed by atoms with van der Waals surface area (Å²) in [6.45, 7) is 0.648. The SMILES string of the molecule is NCCCc1nnc(SCc2ccccc2)o1. The molecule has 0 radical (unpaired) electrons. The van der Waals surface area contributed by atoms with Crippen molar-refractivity contribution in [2.24, 2.45) is 5.73 Å². The highest BCUT2D eigenvalue weighted by Gasteiger charge is 2.06. The monoisotopic (exact) mass is 249 g/mol. The Labute approximate surface area is 105 Å². The highest BCUT2D eigenvalue weighted by atomic mass is 32.2. The van der Waals surface area contributed by atoms with Gasteiger partial charge < -0.3 is 10.2 Å². The number of hydrogen-bond acceptors (Lipinski definition) is 5. The third-order valence-electron chi connectivity index (χ3n) is 2.25. The Morgan fingerprint density at radius 2 is 2.00 bits per heavy atom. The summed E-state index contributed by atoms with van der Waals surface area (Å²) in [7, 11) is 0. The maximum atomic E-state index is 5.49. The first-order chi connectivity index (χ1) is 8.38. The van der Waals surface area contributed by atoms with E-state index in [2.05, 4.69) is 22.3 Å². The lowest BCUT2D eigenvalue weighted by atomic mass is 10.2. The molecule has 0 atom stereocenters. The van der Waals surface area contributed by atoms with Crippen molar-refractivity contribution in [3.05, 3.63) is 41.8 Å². The van der Waals surface area contributed by atoms with E-state index in [1.54, 1.807) is 11.8 Å². The smallest absolute Gasteiger partial charge is 0.276 e. The van der Waals surface area contributed by atoms with Crippen molar-refractivity contribution in [2.75, 3.05) is 6.54 Å². The van der Waals surface area contributed by atoms with Gasteiger partial charge in [0.05, 0.1) is 0 Å². The summed E-state index contributed by atoms with van der Waals surface area (Å²) in [5.74, 6) is 1.52. The lowest BCUT2D eigenvalue weighted by molar-refractivity contribution is 0.410. The molecule has 4 nitrogen and oxygen atoms in total. The second-order valence-corrected chi connectivity index (χ2v) is 4.55. The van der Waals surface area contributed by atoms with Crippen molar-refractivity contribution in [3.8, 4) is 0 Å². The van der Waals surface area contributed by atoms with Gasteiger partial charge in [-0.2, -0.15) is 0 Å². The Balaban J connectivity index is 1.85. The van der Waals surface area contributed by atoms with Gasteiger partial charge in [-0.1, -0.05) is 42.1 Å². The van der Waals surface area contributed by atoms with Crippen LogP contribution in [0, 0.1) is 0 Å². The first-order valence-electron chi connectivity index (χ1n) is 5.57. The number of hydrogen-bond donors (Lipinski definition) is 1. The minimum atomic E-state index is 0.626. The van der Waals surface area contributed by atoms with Crippen LogP contribution in [0.3, 0.4) is 0 Å². The second-order valence-electron chi connectivity index (χ2n) is 3.63. The van der Waals surface area contributed by atoms with Gasteiger partial charge in [-0.15, -0.1) is 10.2 Å². The van der Waals surface area contributed by atoms with Gasteiger partial charge in [0.25, 0.3) is 5.22 Å². The Kier molecular flexibility index (Phi) is 4.58. The lowest BCUT2D eigenvalue weighted by Gasteiger charge is -1.96. The van der Waals surface area contributed by atoms with Crippen LogP contribution >= 0.6 is 11.8 Å². The average Bonchev–Trinajstić information content (AvgIpc) is 2.83. The van der Waals surface area contributed by atoms with Crippen LogP contribution in [-0.4, -0.2) is 16.7 Å². The van der Waals surface area contributed by atoms with Crippen LogP contribution < -0.4 is 5.73 Å². The summed E-state index contributed by atoms with van der Waals surface area (Å²) in [5, 5.41) is 8.59. The molecular formula is C12H15N3OS. The fraction of sp³-hybridized carbons (Fsp3) is 0.333. The second kappa shape index (κ2) is 6.42. The number of nitrogens with zero attached hydrogens (tertiary/aromatic N) is 2. The minimum absolute atomic E-state index is 0.626. The van der Waals surface area contributed by atoms with Crippen LogP contribution in [0.1, 0.15) is 17.9 Å². The van der Waals surface area contributed by atoms with Gasteiger partial charge in [0.1, 0.15) is 0 Å². The van der Waals surface area contributed by atoms with Gasteiger partial charge in [0.15, 0.2) is 0 Å². The van der Waals surface area contributed by atoms with Crippen LogP contribution in [0.4, 0.5) is 0 Å². The molecule has 0 amide bonds. The van der Waals surface area contributed by atoms with E-state index < -0.39 is 0 Å². The molecule has 2 aromatic rings. The van der Waals surface area contributed by atoms with E-state index in [1.165, 1.54) is 5.56 Å². The molecule has 0 aliphatic rings. The molecular weight excluding hydrogens is 234 g/mol. The predicted molar refractivity (Wildman–Crippen MR) is 67.7 cm³/mol. The van der Waals surface area contributed by atoms with Crippen molar-refractivity contribution in [3.63, 3.8) is 0 Å².